The number of carbonyl (C=O) groups is 1. The van der Waals surface area contributed by atoms with Crippen LogP contribution in [0.5, 0.6) is 0 Å². The molecule has 0 saturated heterocycles. The lowest BCUT2D eigenvalue weighted by Crippen LogP contribution is -2.16. The van der Waals surface area contributed by atoms with Gasteiger partial charge in [-0.2, -0.15) is 0 Å². The van der Waals surface area contributed by atoms with E-state index in [9.17, 15) is 4.79 Å². The molecule has 0 radical (unpaired) electrons. The molecule has 1 aromatic carbocycles. The Morgan fingerprint density at radius 1 is 1.36 bits per heavy atom. The summed E-state index contributed by atoms with van der Waals surface area (Å²) in [6.07, 6.45) is 0. The van der Waals surface area contributed by atoms with E-state index in [2.05, 4.69) is 10.6 Å². The molecule has 0 atom stereocenters. The minimum atomic E-state index is -0.878. The van der Waals surface area contributed by atoms with Crippen molar-refractivity contribution in [1.82, 2.24) is 5.32 Å². The van der Waals surface area contributed by atoms with Crippen molar-refractivity contribution >= 4 is 11.7 Å². The Balaban J connectivity index is 2.37. The highest BCUT2D eigenvalue weighted by Gasteiger charge is 2.09. The molecule has 1 heterocycles. The van der Waals surface area contributed by atoms with Gasteiger partial charge in [-0.25, -0.2) is 4.79 Å². The Hall–Kier alpha value is -1.55. The molecule has 0 spiro atoms. The number of rotatable bonds is 1. The second-order valence-electron chi connectivity index (χ2n) is 3.28. The third-order valence-electron chi connectivity index (χ3n) is 2.28. The number of anilines is 1. The number of carboxylic acids is 1. The molecule has 0 aromatic heterocycles. The van der Waals surface area contributed by atoms with Crippen molar-refractivity contribution in [2.24, 2.45) is 0 Å². The predicted molar refractivity (Wildman–Crippen MR) is 53.6 cm³/mol. The van der Waals surface area contributed by atoms with Crippen LogP contribution in [0.3, 0.4) is 0 Å². The second kappa shape index (κ2) is 3.67. The topological polar surface area (TPSA) is 61.4 Å². The second-order valence-corrected chi connectivity index (χ2v) is 3.28. The van der Waals surface area contributed by atoms with E-state index in [1.54, 1.807) is 12.1 Å². The number of aromatic carboxylic acids is 1. The molecule has 3 N–H and O–H groups in total. The number of hydrogen-bond acceptors (Lipinski definition) is 3. The number of nitrogens with one attached hydrogen (secondary N) is 2. The van der Waals surface area contributed by atoms with Gasteiger partial charge in [0.1, 0.15) is 0 Å². The molecule has 0 fully saturated rings. The summed E-state index contributed by atoms with van der Waals surface area (Å²) < 4.78 is 0. The zero-order valence-corrected chi connectivity index (χ0v) is 7.71. The predicted octanol–water partition coefficient (Wildman–Crippen LogP) is 0.900. The van der Waals surface area contributed by atoms with Crippen LogP contribution in [0.25, 0.3) is 0 Å². The van der Waals surface area contributed by atoms with Gasteiger partial charge >= 0.3 is 5.97 Å². The Bertz CT molecular complexity index is 363. The van der Waals surface area contributed by atoms with E-state index >= 15 is 0 Å². The molecule has 14 heavy (non-hydrogen) atoms. The zero-order chi connectivity index (χ0) is 9.97. The highest BCUT2D eigenvalue weighted by Crippen LogP contribution is 2.18. The van der Waals surface area contributed by atoms with Gasteiger partial charge in [-0.05, 0) is 23.8 Å². The fourth-order valence-corrected chi connectivity index (χ4v) is 1.55. The molecule has 2 rings (SSSR count). The van der Waals surface area contributed by atoms with Gasteiger partial charge in [0, 0.05) is 25.3 Å². The molecule has 0 aliphatic carbocycles. The van der Waals surface area contributed by atoms with E-state index in [0.717, 1.165) is 30.9 Å². The average Bonchev–Trinajstić information content (AvgIpc) is 2.41. The maximum atomic E-state index is 10.7. The summed E-state index contributed by atoms with van der Waals surface area (Å²) in [6, 6.07) is 5.16. The van der Waals surface area contributed by atoms with E-state index < -0.39 is 5.97 Å². The van der Waals surface area contributed by atoms with Crippen molar-refractivity contribution in [1.29, 1.82) is 0 Å². The first-order valence-electron chi connectivity index (χ1n) is 4.58. The number of benzene rings is 1. The smallest absolute Gasteiger partial charge is 0.335 e. The van der Waals surface area contributed by atoms with E-state index in [1.807, 2.05) is 6.07 Å². The van der Waals surface area contributed by atoms with Gasteiger partial charge in [-0.3, -0.25) is 0 Å². The Morgan fingerprint density at radius 2 is 2.21 bits per heavy atom. The molecular weight excluding hydrogens is 180 g/mol. The molecule has 74 valence electrons. The van der Waals surface area contributed by atoms with Gasteiger partial charge < -0.3 is 15.7 Å². The molecule has 1 aliphatic heterocycles. The normalized spacial score (nSPS) is 15.1. The van der Waals surface area contributed by atoms with Crippen molar-refractivity contribution in [2.45, 2.75) is 6.54 Å². The summed E-state index contributed by atoms with van der Waals surface area (Å²) in [4.78, 5) is 10.7. The van der Waals surface area contributed by atoms with Gasteiger partial charge in [0.2, 0.25) is 0 Å². The molecule has 1 aromatic rings. The molecule has 0 unspecified atom stereocenters. The summed E-state index contributed by atoms with van der Waals surface area (Å²) in [7, 11) is 0. The number of carboxylic acid groups (broad SMARTS) is 1. The molecule has 0 amide bonds. The van der Waals surface area contributed by atoms with Crippen molar-refractivity contribution in [2.75, 3.05) is 18.4 Å². The van der Waals surface area contributed by atoms with Crippen LogP contribution < -0.4 is 10.6 Å². The SMILES string of the molecule is O=C(O)c1ccc2c(c1)CNCCN2. The van der Waals surface area contributed by atoms with Crippen LogP contribution in [-0.2, 0) is 6.54 Å². The van der Waals surface area contributed by atoms with Crippen molar-refractivity contribution < 1.29 is 9.90 Å². The monoisotopic (exact) mass is 192 g/mol. The summed E-state index contributed by atoms with van der Waals surface area (Å²) >= 11 is 0. The Kier molecular flexibility index (Phi) is 2.37. The van der Waals surface area contributed by atoms with Crippen LogP contribution in [0.2, 0.25) is 0 Å². The summed E-state index contributed by atoms with van der Waals surface area (Å²) in [5, 5.41) is 15.3. The van der Waals surface area contributed by atoms with Crippen molar-refractivity contribution in [3.8, 4) is 0 Å². The lowest BCUT2D eigenvalue weighted by Gasteiger charge is -2.07. The highest BCUT2D eigenvalue weighted by molar-refractivity contribution is 5.88. The minimum absolute atomic E-state index is 0.342. The molecule has 0 bridgehead atoms. The highest BCUT2D eigenvalue weighted by atomic mass is 16.4. The Labute approximate surface area is 81.9 Å². The van der Waals surface area contributed by atoms with Crippen LogP contribution in [0, 0.1) is 0 Å². The van der Waals surface area contributed by atoms with Gasteiger partial charge in [-0.15, -0.1) is 0 Å². The van der Waals surface area contributed by atoms with Crippen LogP contribution in [0.4, 0.5) is 5.69 Å². The van der Waals surface area contributed by atoms with Gasteiger partial charge in [0.05, 0.1) is 5.56 Å². The standard InChI is InChI=1S/C10H12N2O2/c13-10(14)7-1-2-9-8(5-7)6-11-3-4-12-9/h1-2,5,11-12H,3-4,6H2,(H,13,14). The fourth-order valence-electron chi connectivity index (χ4n) is 1.55. The zero-order valence-electron chi connectivity index (χ0n) is 7.71. The van der Waals surface area contributed by atoms with Crippen LogP contribution in [-0.4, -0.2) is 24.2 Å². The van der Waals surface area contributed by atoms with Crippen LogP contribution in [0.15, 0.2) is 18.2 Å². The quantitative estimate of drug-likeness (QED) is 0.618. The van der Waals surface area contributed by atoms with Crippen LogP contribution >= 0.6 is 0 Å². The number of fused-ring (bicyclic) bond motifs is 1. The summed E-state index contributed by atoms with van der Waals surface area (Å²) in [6.45, 7) is 2.50. The van der Waals surface area contributed by atoms with E-state index in [4.69, 9.17) is 5.11 Å². The van der Waals surface area contributed by atoms with Crippen LogP contribution in [0.1, 0.15) is 15.9 Å². The van der Waals surface area contributed by atoms with Crippen molar-refractivity contribution in [3.63, 3.8) is 0 Å². The summed E-state index contributed by atoms with van der Waals surface area (Å²) in [5.41, 5.74) is 2.39. The first-order chi connectivity index (χ1) is 6.77. The third-order valence-corrected chi connectivity index (χ3v) is 2.28. The molecular formula is C10H12N2O2. The van der Waals surface area contributed by atoms with Crippen molar-refractivity contribution in [3.05, 3.63) is 29.3 Å². The lowest BCUT2D eigenvalue weighted by atomic mass is 10.1. The maximum Gasteiger partial charge on any atom is 0.335 e. The van der Waals surface area contributed by atoms with E-state index in [-0.39, 0.29) is 0 Å². The molecule has 4 nitrogen and oxygen atoms in total. The van der Waals surface area contributed by atoms with E-state index in [1.165, 1.54) is 0 Å². The first kappa shape index (κ1) is 9.02. The molecule has 1 aliphatic rings. The fraction of sp³-hybridized carbons (Fsp3) is 0.300. The van der Waals surface area contributed by atoms with E-state index in [0.29, 0.717) is 5.56 Å². The largest absolute Gasteiger partial charge is 0.478 e. The maximum absolute atomic E-state index is 10.7. The average molecular weight is 192 g/mol. The third kappa shape index (κ3) is 1.70. The summed E-state index contributed by atoms with van der Waals surface area (Å²) in [5.74, 6) is -0.878. The lowest BCUT2D eigenvalue weighted by molar-refractivity contribution is 0.0697. The van der Waals surface area contributed by atoms with Gasteiger partial charge in [-0.1, -0.05) is 0 Å². The van der Waals surface area contributed by atoms with Gasteiger partial charge in [0.25, 0.3) is 0 Å². The number of hydrogen-bond donors (Lipinski definition) is 3. The first-order valence-corrected chi connectivity index (χ1v) is 4.58. The van der Waals surface area contributed by atoms with Gasteiger partial charge in [0.15, 0.2) is 0 Å². The molecule has 0 saturated carbocycles. The minimum Gasteiger partial charge on any atom is -0.478 e. The molecule has 4 heteroatoms. The Morgan fingerprint density at radius 3 is 3.00 bits per heavy atom.